The fraction of sp³-hybridized carbons (Fsp3) is 0.423. The van der Waals surface area contributed by atoms with Crippen molar-refractivity contribution in [2.45, 2.75) is 51.1 Å². The molecule has 1 aliphatic carbocycles. The summed E-state index contributed by atoms with van der Waals surface area (Å²) in [4.78, 5) is 38.9. The number of aliphatic carboxylic acids is 1. The van der Waals surface area contributed by atoms with Gasteiger partial charge in [-0.2, -0.15) is 0 Å². The van der Waals surface area contributed by atoms with E-state index in [0.717, 1.165) is 35.1 Å². The number of carboxylic acids is 1. The topological polar surface area (TPSA) is 95.9 Å². The van der Waals surface area contributed by atoms with E-state index in [1.165, 1.54) is 4.90 Å². The summed E-state index contributed by atoms with van der Waals surface area (Å²) in [5.41, 5.74) is 4.51. The standard InChI is InChI=1S/C26H30N2O5/c1-16(2)23(24(29)28-14-8-7-13-22(28)25(30)31)27-26(32)33-15-21-19-11-5-3-9-17(19)18-10-4-6-12-20(18)21/h3-6,9-12,16,21-23H,7-8,13-15H2,1-2H3,(H,27,32)(H,30,31)/t22?,23-/m0/s1. The van der Waals surface area contributed by atoms with E-state index in [2.05, 4.69) is 17.4 Å². The first-order valence-corrected chi connectivity index (χ1v) is 11.5. The van der Waals surface area contributed by atoms with Crippen LogP contribution < -0.4 is 5.32 Å². The van der Waals surface area contributed by atoms with Gasteiger partial charge in [0.2, 0.25) is 5.91 Å². The number of rotatable bonds is 6. The zero-order valence-electron chi connectivity index (χ0n) is 19.0. The maximum Gasteiger partial charge on any atom is 0.407 e. The molecule has 2 N–H and O–H groups in total. The molecule has 0 aromatic heterocycles. The molecule has 1 heterocycles. The highest BCUT2D eigenvalue weighted by molar-refractivity contribution is 5.89. The van der Waals surface area contributed by atoms with Crippen molar-refractivity contribution in [2.24, 2.45) is 5.92 Å². The number of hydrogen-bond acceptors (Lipinski definition) is 4. The molecule has 174 valence electrons. The minimum Gasteiger partial charge on any atom is -0.480 e. The molecular weight excluding hydrogens is 420 g/mol. The molecule has 0 radical (unpaired) electrons. The van der Waals surface area contributed by atoms with Crippen LogP contribution in [0.25, 0.3) is 11.1 Å². The van der Waals surface area contributed by atoms with Crippen molar-refractivity contribution in [3.8, 4) is 11.1 Å². The van der Waals surface area contributed by atoms with Gasteiger partial charge >= 0.3 is 12.1 Å². The summed E-state index contributed by atoms with van der Waals surface area (Å²) in [7, 11) is 0. The molecule has 2 aromatic rings. The highest BCUT2D eigenvalue weighted by Crippen LogP contribution is 2.44. The molecule has 1 aliphatic heterocycles. The Hall–Kier alpha value is -3.35. The maximum atomic E-state index is 13.2. The molecule has 7 heteroatoms. The Morgan fingerprint density at radius 1 is 1.03 bits per heavy atom. The summed E-state index contributed by atoms with van der Waals surface area (Å²) < 4.78 is 5.60. The van der Waals surface area contributed by atoms with Crippen LogP contribution in [0.5, 0.6) is 0 Å². The number of alkyl carbamates (subject to hydrolysis) is 1. The first-order chi connectivity index (χ1) is 15.9. The van der Waals surface area contributed by atoms with Crippen LogP contribution in [0.4, 0.5) is 4.79 Å². The van der Waals surface area contributed by atoms with E-state index in [0.29, 0.717) is 13.0 Å². The van der Waals surface area contributed by atoms with Crippen LogP contribution in [-0.4, -0.2) is 53.2 Å². The molecule has 1 unspecified atom stereocenters. The van der Waals surface area contributed by atoms with Gasteiger partial charge in [0.05, 0.1) is 0 Å². The number of piperidine rings is 1. The Labute approximate surface area is 193 Å². The van der Waals surface area contributed by atoms with Gasteiger partial charge in [-0.25, -0.2) is 9.59 Å². The highest BCUT2D eigenvalue weighted by atomic mass is 16.5. The molecule has 0 saturated carbocycles. The number of carboxylic acid groups (broad SMARTS) is 1. The second-order valence-corrected chi connectivity index (χ2v) is 9.07. The van der Waals surface area contributed by atoms with Crippen LogP contribution in [0.15, 0.2) is 48.5 Å². The van der Waals surface area contributed by atoms with Gasteiger partial charge in [-0.3, -0.25) is 4.79 Å². The van der Waals surface area contributed by atoms with E-state index < -0.39 is 24.1 Å². The smallest absolute Gasteiger partial charge is 0.407 e. The Morgan fingerprint density at radius 3 is 2.21 bits per heavy atom. The number of nitrogens with zero attached hydrogens (tertiary/aromatic N) is 1. The fourth-order valence-electron chi connectivity index (χ4n) is 4.91. The van der Waals surface area contributed by atoms with Gasteiger partial charge in [-0.05, 0) is 47.4 Å². The van der Waals surface area contributed by atoms with Crippen LogP contribution in [0.1, 0.15) is 50.2 Å². The molecule has 2 atom stereocenters. The third kappa shape index (κ3) is 4.58. The lowest BCUT2D eigenvalue weighted by Crippen LogP contribution is -2.57. The lowest BCUT2D eigenvalue weighted by Gasteiger charge is -2.36. The van der Waals surface area contributed by atoms with Crippen LogP contribution in [0.2, 0.25) is 0 Å². The highest BCUT2D eigenvalue weighted by Gasteiger charge is 2.37. The number of carbonyl (C=O) groups is 3. The molecule has 1 saturated heterocycles. The van der Waals surface area contributed by atoms with E-state index in [9.17, 15) is 19.5 Å². The minimum absolute atomic E-state index is 0.0742. The second kappa shape index (κ2) is 9.65. The van der Waals surface area contributed by atoms with Crippen LogP contribution in [0.3, 0.4) is 0 Å². The Kier molecular flexibility index (Phi) is 6.67. The summed E-state index contributed by atoms with van der Waals surface area (Å²) in [6.07, 6.45) is 1.28. The zero-order valence-corrected chi connectivity index (χ0v) is 19.0. The molecule has 0 spiro atoms. The van der Waals surface area contributed by atoms with Crippen LogP contribution in [-0.2, 0) is 14.3 Å². The van der Waals surface area contributed by atoms with Crippen LogP contribution >= 0.6 is 0 Å². The lowest BCUT2D eigenvalue weighted by atomic mass is 9.97. The number of likely N-dealkylation sites (tertiary alicyclic amines) is 1. The summed E-state index contributed by atoms with van der Waals surface area (Å²) in [6.45, 7) is 4.18. The Morgan fingerprint density at radius 2 is 1.64 bits per heavy atom. The summed E-state index contributed by atoms with van der Waals surface area (Å²) in [5, 5.41) is 12.2. The largest absolute Gasteiger partial charge is 0.480 e. The second-order valence-electron chi connectivity index (χ2n) is 9.07. The molecule has 0 bridgehead atoms. The third-order valence-electron chi connectivity index (χ3n) is 6.62. The fourth-order valence-corrected chi connectivity index (χ4v) is 4.91. The van der Waals surface area contributed by atoms with Crippen molar-refractivity contribution in [3.05, 3.63) is 59.7 Å². The zero-order chi connectivity index (χ0) is 23.5. The van der Waals surface area contributed by atoms with Crippen molar-refractivity contribution < 1.29 is 24.2 Å². The van der Waals surface area contributed by atoms with Gasteiger partial charge in [-0.15, -0.1) is 0 Å². The quantitative estimate of drug-likeness (QED) is 0.693. The first kappa shape index (κ1) is 22.8. The van der Waals surface area contributed by atoms with Crippen molar-refractivity contribution in [3.63, 3.8) is 0 Å². The summed E-state index contributed by atoms with van der Waals surface area (Å²) >= 11 is 0. The SMILES string of the molecule is CC(C)[C@H](NC(=O)OCC1c2ccccc2-c2ccccc21)C(=O)N1CCCCC1C(=O)O. The number of nitrogens with one attached hydrogen (secondary N) is 1. The Bertz CT molecular complexity index is 1000. The maximum absolute atomic E-state index is 13.2. The lowest BCUT2D eigenvalue weighted by molar-refractivity contribution is -0.153. The number of carbonyl (C=O) groups excluding carboxylic acids is 2. The van der Waals surface area contributed by atoms with E-state index in [-0.39, 0.29) is 24.3 Å². The molecule has 2 amide bonds. The van der Waals surface area contributed by atoms with E-state index in [4.69, 9.17) is 4.74 Å². The Balaban J connectivity index is 1.44. The molecule has 2 aromatic carbocycles. The molecule has 4 rings (SSSR count). The number of fused-ring (bicyclic) bond motifs is 3. The van der Waals surface area contributed by atoms with Gasteiger partial charge in [-0.1, -0.05) is 62.4 Å². The predicted octanol–water partition coefficient (Wildman–Crippen LogP) is 4.02. The third-order valence-corrected chi connectivity index (χ3v) is 6.62. The van der Waals surface area contributed by atoms with Crippen molar-refractivity contribution in [1.29, 1.82) is 0 Å². The molecular formula is C26H30N2O5. The average Bonchev–Trinajstić information content (AvgIpc) is 3.14. The molecule has 7 nitrogen and oxygen atoms in total. The summed E-state index contributed by atoms with van der Waals surface area (Å²) in [6, 6.07) is 14.5. The predicted molar refractivity (Wildman–Crippen MR) is 124 cm³/mol. The number of ether oxygens (including phenoxy) is 1. The minimum atomic E-state index is -1.01. The van der Waals surface area contributed by atoms with Gasteiger partial charge < -0.3 is 20.1 Å². The van der Waals surface area contributed by atoms with Gasteiger partial charge in [0.1, 0.15) is 18.7 Å². The average molecular weight is 451 g/mol. The number of benzene rings is 2. The van der Waals surface area contributed by atoms with E-state index in [1.807, 2.05) is 50.2 Å². The number of hydrogen-bond donors (Lipinski definition) is 2. The van der Waals surface area contributed by atoms with Gasteiger partial charge in [0.15, 0.2) is 0 Å². The van der Waals surface area contributed by atoms with Gasteiger partial charge in [0, 0.05) is 12.5 Å². The van der Waals surface area contributed by atoms with Crippen LogP contribution in [0, 0.1) is 5.92 Å². The van der Waals surface area contributed by atoms with Crippen molar-refractivity contribution >= 4 is 18.0 Å². The monoisotopic (exact) mass is 450 g/mol. The first-order valence-electron chi connectivity index (χ1n) is 11.5. The number of amides is 2. The van der Waals surface area contributed by atoms with Crippen molar-refractivity contribution in [1.82, 2.24) is 10.2 Å². The molecule has 1 fully saturated rings. The van der Waals surface area contributed by atoms with E-state index >= 15 is 0 Å². The normalized spacial score (nSPS) is 18.4. The van der Waals surface area contributed by atoms with Crippen molar-refractivity contribution in [2.75, 3.05) is 13.2 Å². The molecule has 2 aliphatic rings. The summed E-state index contributed by atoms with van der Waals surface area (Å²) in [5.74, 6) is -1.67. The molecule has 33 heavy (non-hydrogen) atoms. The van der Waals surface area contributed by atoms with E-state index in [1.54, 1.807) is 0 Å². The van der Waals surface area contributed by atoms with Gasteiger partial charge in [0.25, 0.3) is 0 Å².